The van der Waals surface area contributed by atoms with Crippen molar-refractivity contribution in [3.05, 3.63) is 11.4 Å². The third-order valence-electron chi connectivity index (χ3n) is 2.51. The number of carbonyl (C=O) groups excluding carboxylic acids is 2. The highest BCUT2D eigenvalue weighted by Gasteiger charge is 2.25. The van der Waals surface area contributed by atoms with Gasteiger partial charge in [0.05, 0.1) is 5.69 Å². The lowest BCUT2D eigenvalue weighted by Gasteiger charge is -2.14. The van der Waals surface area contributed by atoms with Crippen LogP contribution < -0.4 is 0 Å². The van der Waals surface area contributed by atoms with Crippen molar-refractivity contribution < 1.29 is 14.3 Å². The summed E-state index contributed by atoms with van der Waals surface area (Å²) in [5.41, 5.74) is 0.810. The Labute approximate surface area is 105 Å². The van der Waals surface area contributed by atoms with Gasteiger partial charge in [-0.15, -0.1) is 11.5 Å². The Morgan fingerprint density at radius 1 is 1.56 bits per heavy atom. The molecule has 0 saturated carbocycles. The molecule has 1 aromatic heterocycles. The molecule has 18 heavy (non-hydrogen) atoms. The third-order valence-corrected chi connectivity index (χ3v) is 2.51. The first-order chi connectivity index (χ1) is 8.52. The van der Waals surface area contributed by atoms with Gasteiger partial charge in [0.2, 0.25) is 0 Å². The molecule has 0 amide bonds. The summed E-state index contributed by atoms with van der Waals surface area (Å²) < 4.78 is 6.27. The zero-order valence-corrected chi connectivity index (χ0v) is 10.6. The topological polar surface area (TPSA) is 74.1 Å². The van der Waals surface area contributed by atoms with Crippen molar-refractivity contribution in [3.63, 3.8) is 0 Å². The molecule has 6 nitrogen and oxygen atoms in total. The fraction of sp³-hybridized carbons (Fsp3) is 0.500. The Balaban J connectivity index is 2.99. The minimum absolute atomic E-state index is 0.0807. The van der Waals surface area contributed by atoms with Crippen LogP contribution in [0.4, 0.5) is 0 Å². The van der Waals surface area contributed by atoms with E-state index in [0.29, 0.717) is 12.1 Å². The molecule has 1 rings (SSSR count). The van der Waals surface area contributed by atoms with Crippen molar-refractivity contribution in [2.45, 2.75) is 33.2 Å². The second kappa shape index (κ2) is 5.96. The van der Waals surface area contributed by atoms with Gasteiger partial charge < -0.3 is 4.74 Å². The van der Waals surface area contributed by atoms with Crippen molar-refractivity contribution in [2.75, 3.05) is 6.61 Å². The first-order valence-corrected chi connectivity index (χ1v) is 5.55. The van der Waals surface area contributed by atoms with E-state index in [-0.39, 0.29) is 18.1 Å². The first kappa shape index (κ1) is 13.9. The lowest BCUT2D eigenvalue weighted by atomic mass is 10.2. The maximum atomic E-state index is 11.8. The van der Waals surface area contributed by atoms with Crippen LogP contribution in [0.2, 0.25) is 0 Å². The second-order valence-corrected chi connectivity index (χ2v) is 3.76. The normalized spacial score (nSPS) is 11.7. The molecule has 0 saturated heterocycles. The van der Waals surface area contributed by atoms with Gasteiger partial charge in [-0.05, 0) is 13.3 Å². The summed E-state index contributed by atoms with van der Waals surface area (Å²) in [5.74, 6) is 1.56. The van der Waals surface area contributed by atoms with Gasteiger partial charge in [0.25, 0.3) is 0 Å². The second-order valence-electron chi connectivity index (χ2n) is 3.76. The molecule has 1 atom stereocenters. The van der Waals surface area contributed by atoms with Crippen molar-refractivity contribution >= 4 is 11.8 Å². The van der Waals surface area contributed by atoms with Gasteiger partial charge in [-0.25, -0.2) is 9.48 Å². The van der Waals surface area contributed by atoms with Crippen LogP contribution in [-0.4, -0.2) is 33.4 Å². The Morgan fingerprint density at radius 3 is 2.67 bits per heavy atom. The highest BCUT2D eigenvalue weighted by molar-refractivity contribution is 5.93. The van der Waals surface area contributed by atoms with Crippen LogP contribution in [0.15, 0.2) is 0 Å². The van der Waals surface area contributed by atoms with Gasteiger partial charge in [-0.1, -0.05) is 18.1 Å². The molecule has 1 heterocycles. The molecule has 96 valence electrons. The highest BCUT2D eigenvalue weighted by atomic mass is 16.5. The summed E-state index contributed by atoms with van der Waals surface area (Å²) in [4.78, 5) is 23.0. The first-order valence-electron chi connectivity index (χ1n) is 5.55. The lowest BCUT2D eigenvalue weighted by Crippen LogP contribution is -2.23. The molecule has 0 radical (unpaired) electrons. The molecule has 0 spiro atoms. The van der Waals surface area contributed by atoms with Crippen LogP contribution >= 0.6 is 0 Å². The fourth-order valence-corrected chi connectivity index (χ4v) is 1.61. The molecule has 0 aliphatic rings. The van der Waals surface area contributed by atoms with Crippen LogP contribution in [-0.2, 0) is 9.53 Å². The number of terminal acetylenes is 1. The van der Waals surface area contributed by atoms with Crippen molar-refractivity contribution in [1.82, 2.24) is 15.0 Å². The summed E-state index contributed by atoms with van der Waals surface area (Å²) >= 11 is 0. The number of ketones is 1. The molecule has 0 fully saturated rings. The number of rotatable bonds is 5. The van der Waals surface area contributed by atoms with E-state index in [1.165, 1.54) is 11.6 Å². The molecule has 0 aliphatic carbocycles. The van der Waals surface area contributed by atoms with E-state index in [1.807, 2.05) is 6.92 Å². The highest BCUT2D eigenvalue weighted by Crippen LogP contribution is 2.16. The molecule has 0 bridgehead atoms. The number of hydrogen-bond acceptors (Lipinski definition) is 5. The van der Waals surface area contributed by atoms with Crippen molar-refractivity contribution in [3.8, 4) is 12.3 Å². The van der Waals surface area contributed by atoms with E-state index < -0.39 is 12.0 Å². The number of ether oxygens (including phenoxy) is 1. The molecule has 0 N–H and O–H groups in total. The quantitative estimate of drug-likeness (QED) is 0.440. The molecular weight excluding hydrogens is 234 g/mol. The maximum Gasteiger partial charge on any atom is 0.331 e. The predicted molar refractivity (Wildman–Crippen MR) is 63.9 cm³/mol. The molecule has 0 aliphatic heterocycles. The molecule has 6 heteroatoms. The maximum absolute atomic E-state index is 11.8. The number of nitrogens with zero attached hydrogens (tertiary/aromatic N) is 3. The third kappa shape index (κ3) is 2.74. The van der Waals surface area contributed by atoms with Crippen molar-refractivity contribution in [1.29, 1.82) is 0 Å². The monoisotopic (exact) mass is 249 g/mol. The van der Waals surface area contributed by atoms with E-state index in [0.717, 1.165) is 0 Å². The Morgan fingerprint density at radius 2 is 2.22 bits per heavy atom. The van der Waals surface area contributed by atoms with Crippen LogP contribution in [0.3, 0.4) is 0 Å². The molecular formula is C12H15N3O3. The fourth-order valence-electron chi connectivity index (χ4n) is 1.61. The van der Waals surface area contributed by atoms with Gasteiger partial charge in [0, 0.05) is 6.92 Å². The van der Waals surface area contributed by atoms with Gasteiger partial charge in [0.15, 0.2) is 24.1 Å². The number of aromatic nitrogens is 3. The smallest absolute Gasteiger partial charge is 0.331 e. The standard InChI is InChI=1S/C12H15N3O3/c1-5-7-18-12(17)10(6-2)15-8(3)11(9(4)16)13-14-15/h1,10H,6-7H2,2-4H3. The summed E-state index contributed by atoms with van der Waals surface area (Å²) in [6.07, 6.45) is 5.50. The number of esters is 1. The van der Waals surface area contributed by atoms with E-state index >= 15 is 0 Å². The van der Waals surface area contributed by atoms with Crippen LogP contribution in [0.25, 0.3) is 0 Å². The summed E-state index contributed by atoms with van der Waals surface area (Å²) in [6.45, 7) is 4.83. The van der Waals surface area contributed by atoms with E-state index in [4.69, 9.17) is 11.2 Å². The summed E-state index contributed by atoms with van der Waals surface area (Å²) in [7, 11) is 0. The minimum Gasteiger partial charge on any atom is -0.451 e. The molecule has 1 unspecified atom stereocenters. The van der Waals surface area contributed by atoms with E-state index in [1.54, 1.807) is 6.92 Å². The average Bonchev–Trinajstić information content (AvgIpc) is 2.70. The summed E-state index contributed by atoms with van der Waals surface area (Å²) in [5, 5.41) is 7.59. The molecule has 0 aromatic carbocycles. The average molecular weight is 249 g/mol. The van der Waals surface area contributed by atoms with Gasteiger partial charge >= 0.3 is 5.97 Å². The van der Waals surface area contributed by atoms with Crippen LogP contribution in [0.1, 0.15) is 42.5 Å². The van der Waals surface area contributed by atoms with Gasteiger partial charge in [-0.2, -0.15) is 0 Å². The van der Waals surface area contributed by atoms with Crippen LogP contribution in [0, 0.1) is 19.3 Å². The number of carbonyl (C=O) groups is 2. The Kier molecular flexibility index (Phi) is 4.60. The number of hydrogen-bond donors (Lipinski definition) is 0. The predicted octanol–water partition coefficient (Wildman–Crippen LogP) is 0.917. The zero-order chi connectivity index (χ0) is 13.7. The molecule has 1 aromatic rings. The summed E-state index contributed by atoms with van der Waals surface area (Å²) in [6, 6.07) is -0.612. The van der Waals surface area contributed by atoms with Gasteiger partial charge in [-0.3, -0.25) is 4.79 Å². The SMILES string of the molecule is C#CCOC(=O)C(CC)n1nnc(C(C)=O)c1C. The van der Waals surface area contributed by atoms with Crippen LogP contribution in [0.5, 0.6) is 0 Å². The Hall–Kier alpha value is -2.16. The largest absolute Gasteiger partial charge is 0.451 e. The van der Waals surface area contributed by atoms with E-state index in [2.05, 4.69) is 16.2 Å². The lowest BCUT2D eigenvalue weighted by molar-refractivity contribution is -0.146. The Bertz CT molecular complexity index is 499. The van der Waals surface area contributed by atoms with E-state index in [9.17, 15) is 9.59 Å². The number of Topliss-reactive ketones (excluding diaryl/α,β-unsaturated/α-hetero) is 1. The zero-order valence-electron chi connectivity index (χ0n) is 10.6. The minimum atomic E-state index is -0.612. The van der Waals surface area contributed by atoms with Crippen molar-refractivity contribution in [2.24, 2.45) is 0 Å². The van der Waals surface area contributed by atoms with Gasteiger partial charge in [0.1, 0.15) is 0 Å².